The summed E-state index contributed by atoms with van der Waals surface area (Å²) in [7, 11) is 0. The van der Waals surface area contributed by atoms with Crippen molar-refractivity contribution in [2.75, 3.05) is 11.9 Å². The number of nitrogens with one attached hydrogen (secondary N) is 2. The van der Waals surface area contributed by atoms with E-state index in [0.717, 1.165) is 22.4 Å². The van der Waals surface area contributed by atoms with Gasteiger partial charge in [0, 0.05) is 19.0 Å². The van der Waals surface area contributed by atoms with Crippen molar-refractivity contribution < 1.29 is 4.79 Å². The van der Waals surface area contributed by atoms with Crippen molar-refractivity contribution in [3.05, 3.63) is 41.5 Å². The Morgan fingerprint density at radius 1 is 1.36 bits per heavy atom. The second-order valence-electron chi connectivity index (χ2n) is 6.36. The summed E-state index contributed by atoms with van der Waals surface area (Å²) in [6.07, 6.45) is 0.380. The maximum atomic E-state index is 11.8. The number of amides is 1. The highest BCUT2D eigenvalue weighted by molar-refractivity contribution is 5.85. The molecule has 6 heteroatoms. The first-order valence-electron chi connectivity index (χ1n) is 8.35. The maximum Gasteiger partial charge on any atom is 0.221 e. The summed E-state index contributed by atoms with van der Waals surface area (Å²) < 4.78 is 1.95. The number of aryl methyl sites for hydroxylation is 1. The molecule has 0 saturated heterocycles. The average Bonchev–Trinajstić information content (AvgIpc) is 2.93. The van der Waals surface area contributed by atoms with E-state index in [2.05, 4.69) is 21.7 Å². The zero-order valence-corrected chi connectivity index (χ0v) is 14.6. The Hall–Kier alpha value is -3.07. The Kier molecular flexibility index (Phi) is 4.57. The molecule has 0 unspecified atom stereocenters. The van der Waals surface area contributed by atoms with Gasteiger partial charge in [-0.15, -0.1) is 0 Å². The molecule has 0 saturated carbocycles. The number of hydrogen-bond acceptors (Lipinski definition) is 4. The van der Waals surface area contributed by atoms with Crippen LogP contribution in [0.1, 0.15) is 31.4 Å². The highest BCUT2D eigenvalue weighted by Crippen LogP contribution is 2.26. The number of aromatic nitrogens is 2. The second-order valence-corrected chi connectivity index (χ2v) is 6.36. The van der Waals surface area contributed by atoms with E-state index in [4.69, 9.17) is 0 Å². The van der Waals surface area contributed by atoms with Gasteiger partial charge >= 0.3 is 0 Å². The van der Waals surface area contributed by atoms with Crippen molar-refractivity contribution in [1.82, 2.24) is 14.7 Å². The topological polar surface area (TPSA) is 82.2 Å². The van der Waals surface area contributed by atoms with Crippen LogP contribution < -0.4 is 10.6 Å². The molecule has 2 N–H and O–H groups in total. The van der Waals surface area contributed by atoms with Gasteiger partial charge in [-0.05, 0) is 44.5 Å². The van der Waals surface area contributed by atoms with Crippen molar-refractivity contribution >= 4 is 28.4 Å². The van der Waals surface area contributed by atoms with Gasteiger partial charge in [0.2, 0.25) is 5.91 Å². The molecule has 0 aliphatic carbocycles. The fourth-order valence-electron chi connectivity index (χ4n) is 2.92. The first kappa shape index (κ1) is 16.8. The van der Waals surface area contributed by atoms with Crippen LogP contribution in [0.15, 0.2) is 30.3 Å². The number of carbonyl (C=O) groups is 1. The monoisotopic (exact) mass is 335 g/mol. The summed E-state index contributed by atoms with van der Waals surface area (Å²) >= 11 is 0. The summed E-state index contributed by atoms with van der Waals surface area (Å²) in [6.45, 7) is 6.28. The minimum Gasteiger partial charge on any atom is -0.371 e. The van der Waals surface area contributed by atoms with Crippen LogP contribution in [0.4, 0.5) is 5.82 Å². The van der Waals surface area contributed by atoms with Crippen molar-refractivity contribution in [3.8, 4) is 6.07 Å². The molecule has 0 bridgehead atoms. The van der Waals surface area contributed by atoms with Crippen LogP contribution in [0.3, 0.4) is 0 Å². The highest BCUT2D eigenvalue weighted by atomic mass is 16.1. The van der Waals surface area contributed by atoms with E-state index in [1.807, 2.05) is 55.5 Å². The minimum absolute atomic E-state index is 0.0135. The lowest BCUT2D eigenvalue weighted by atomic mass is 10.1. The molecule has 0 aliphatic rings. The molecule has 3 rings (SSSR count). The smallest absolute Gasteiger partial charge is 0.221 e. The van der Waals surface area contributed by atoms with Crippen LogP contribution in [0.5, 0.6) is 0 Å². The molecule has 3 aromatic rings. The zero-order chi connectivity index (χ0) is 18.0. The average molecular weight is 335 g/mol. The third-order valence-corrected chi connectivity index (χ3v) is 3.99. The van der Waals surface area contributed by atoms with Crippen LogP contribution in [0.25, 0.3) is 16.7 Å². The predicted octanol–water partition coefficient (Wildman–Crippen LogP) is 2.99. The van der Waals surface area contributed by atoms with Crippen LogP contribution >= 0.6 is 0 Å². The number of rotatable bonds is 5. The van der Waals surface area contributed by atoms with Crippen LogP contribution in [0.2, 0.25) is 0 Å². The highest BCUT2D eigenvalue weighted by Gasteiger charge is 2.15. The van der Waals surface area contributed by atoms with Gasteiger partial charge in [0.1, 0.15) is 11.9 Å². The minimum atomic E-state index is 0.0135. The van der Waals surface area contributed by atoms with Crippen LogP contribution in [0, 0.1) is 18.3 Å². The van der Waals surface area contributed by atoms with E-state index in [9.17, 15) is 10.1 Å². The lowest BCUT2D eigenvalue weighted by Crippen LogP contribution is -2.31. The Morgan fingerprint density at radius 3 is 2.84 bits per heavy atom. The molecule has 128 valence electrons. The van der Waals surface area contributed by atoms with Gasteiger partial charge in [0.05, 0.1) is 16.6 Å². The van der Waals surface area contributed by atoms with Crippen LogP contribution in [-0.2, 0) is 4.79 Å². The van der Waals surface area contributed by atoms with Gasteiger partial charge in [-0.3, -0.25) is 9.20 Å². The standard InChI is InChI=1S/C19H21N5O/c1-12(2)22-18(25)8-9-21-17-10-13(3)14(11-20)19-23-15-6-4-5-7-16(15)24(17)19/h4-7,10,12,21H,8-9H2,1-3H3,(H,22,25). The molecule has 1 aromatic carbocycles. The van der Waals surface area contributed by atoms with E-state index in [1.54, 1.807) is 0 Å². The summed E-state index contributed by atoms with van der Waals surface area (Å²) in [5.74, 6) is 0.845. The van der Waals surface area contributed by atoms with Gasteiger partial charge in [-0.25, -0.2) is 4.98 Å². The molecule has 0 aliphatic heterocycles. The molecular formula is C19H21N5O. The summed E-state index contributed by atoms with van der Waals surface area (Å²) in [4.78, 5) is 16.4. The number of imidazole rings is 1. The number of hydrogen-bond donors (Lipinski definition) is 2. The van der Waals surface area contributed by atoms with Crippen molar-refractivity contribution in [2.24, 2.45) is 0 Å². The number of nitriles is 1. The summed E-state index contributed by atoms with van der Waals surface area (Å²) in [6, 6.07) is 12.1. The van der Waals surface area contributed by atoms with Gasteiger partial charge in [0.25, 0.3) is 0 Å². The Labute approximate surface area is 146 Å². The number of pyridine rings is 1. The number of para-hydroxylation sites is 2. The lowest BCUT2D eigenvalue weighted by Gasteiger charge is -2.13. The Bertz CT molecular complexity index is 981. The van der Waals surface area contributed by atoms with Crippen LogP contribution in [-0.4, -0.2) is 27.9 Å². The number of nitrogens with zero attached hydrogens (tertiary/aromatic N) is 3. The third kappa shape index (κ3) is 3.26. The predicted molar refractivity (Wildman–Crippen MR) is 98.5 cm³/mol. The molecule has 25 heavy (non-hydrogen) atoms. The van der Waals surface area contributed by atoms with Gasteiger partial charge < -0.3 is 10.6 Å². The first-order valence-corrected chi connectivity index (χ1v) is 8.35. The molecule has 0 atom stereocenters. The SMILES string of the molecule is Cc1cc(NCCC(=O)NC(C)C)n2c(nc3ccccc32)c1C#N. The molecule has 2 heterocycles. The van der Waals surface area contributed by atoms with Gasteiger partial charge in [-0.2, -0.15) is 5.26 Å². The van der Waals surface area contributed by atoms with Gasteiger partial charge in [0.15, 0.2) is 5.65 Å². The molecular weight excluding hydrogens is 314 g/mol. The fraction of sp³-hybridized carbons (Fsp3) is 0.316. The van der Waals surface area contributed by atoms with Crippen molar-refractivity contribution in [2.45, 2.75) is 33.2 Å². The quantitative estimate of drug-likeness (QED) is 0.751. The van der Waals surface area contributed by atoms with E-state index in [-0.39, 0.29) is 11.9 Å². The number of carbonyl (C=O) groups excluding carboxylic acids is 1. The molecule has 0 radical (unpaired) electrons. The fourth-order valence-corrected chi connectivity index (χ4v) is 2.92. The van der Waals surface area contributed by atoms with E-state index in [1.165, 1.54) is 0 Å². The summed E-state index contributed by atoms with van der Waals surface area (Å²) in [5, 5.41) is 15.7. The van der Waals surface area contributed by atoms with E-state index >= 15 is 0 Å². The van der Waals surface area contributed by atoms with E-state index < -0.39 is 0 Å². The maximum absolute atomic E-state index is 11.8. The third-order valence-electron chi connectivity index (χ3n) is 3.99. The molecule has 1 amide bonds. The van der Waals surface area contributed by atoms with Crippen molar-refractivity contribution in [3.63, 3.8) is 0 Å². The van der Waals surface area contributed by atoms with Crippen molar-refractivity contribution in [1.29, 1.82) is 5.26 Å². The summed E-state index contributed by atoms with van der Waals surface area (Å²) in [5.41, 5.74) is 3.84. The Balaban J connectivity index is 1.98. The second kappa shape index (κ2) is 6.81. The largest absolute Gasteiger partial charge is 0.371 e. The number of fused-ring (bicyclic) bond motifs is 3. The lowest BCUT2D eigenvalue weighted by molar-refractivity contribution is -0.121. The first-order chi connectivity index (χ1) is 12.0. The normalized spacial score (nSPS) is 11.0. The molecule has 2 aromatic heterocycles. The Morgan fingerprint density at radius 2 is 2.12 bits per heavy atom. The zero-order valence-electron chi connectivity index (χ0n) is 14.6. The number of benzene rings is 1. The van der Waals surface area contributed by atoms with E-state index in [0.29, 0.717) is 24.2 Å². The molecule has 6 nitrogen and oxygen atoms in total. The molecule has 0 spiro atoms. The number of anilines is 1. The van der Waals surface area contributed by atoms with Gasteiger partial charge in [-0.1, -0.05) is 12.1 Å². The molecule has 0 fully saturated rings.